The van der Waals surface area contributed by atoms with E-state index in [4.69, 9.17) is 41.9 Å². The number of carboxylic acid groups (broad SMARTS) is 2. The molecule has 3 unspecified atom stereocenters. The number of aliphatic carboxylic acids is 2. The van der Waals surface area contributed by atoms with Crippen LogP contribution in [0.1, 0.15) is 26.2 Å². The van der Waals surface area contributed by atoms with E-state index in [1.165, 1.54) is 5.69 Å². The van der Waals surface area contributed by atoms with Gasteiger partial charge in [0.2, 0.25) is 11.8 Å². The number of amides is 2. The minimum atomic E-state index is -1.82. The summed E-state index contributed by atoms with van der Waals surface area (Å²) in [7, 11) is 0. The van der Waals surface area contributed by atoms with E-state index in [1.807, 2.05) is 18.2 Å². The molecule has 3 aliphatic rings. The number of nitrogens with one attached hydrogen (secondary N) is 1. The second-order valence-corrected chi connectivity index (χ2v) is 10.8. The topological polar surface area (TPSA) is 162 Å². The van der Waals surface area contributed by atoms with Crippen molar-refractivity contribution < 1.29 is 34.1 Å². The van der Waals surface area contributed by atoms with Gasteiger partial charge in [-0.1, -0.05) is 37.1 Å². The Labute approximate surface area is 239 Å². The Morgan fingerprint density at radius 1 is 1.02 bits per heavy atom. The Hall–Kier alpha value is -3.15. The highest BCUT2D eigenvalue weighted by molar-refractivity contribution is 6.30. The Morgan fingerprint density at radius 2 is 1.62 bits per heavy atom. The summed E-state index contributed by atoms with van der Waals surface area (Å²) in [6.45, 7) is 7.79. The molecule has 1 aromatic rings. The van der Waals surface area contributed by atoms with Crippen molar-refractivity contribution in [2.75, 3.05) is 50.8 Å². The number of halogens is 1. The molecule has 5 N–H and O–H groups in total. The summed E-state index contributed by atoms with van der Waals surface area (Å²) in [4.78, 5) is 48.0. The molecule has 4 rings (SSSR count). The lowest BCUT2D eigenvalue weighted by molar-refractivity contribution is -0.159. The van der Waals surface area contributed by atoms with Crippen molar-refractivity contribution in [1.82, 2.24) is 10.2 Å². The van der Waals surface area contributed by atoms with Crippen molar-refractivity contribution in [1.29, 1.82) is 0 Å². The monoisotopic (exact) mass is 578 g/mol. The first kappa shape index (κ1) is 31.4. The van der Waals surface area contributed by atoms with E-state index in [9.17, 15) is 9.59 Å². The van der Waals surface area contributed by atoms with Crippen LogP contribution >= 0.6 is 11.6 Å². The van der Waals surface area contributed by atoms with Crippen LogP contribution in [0, 0.1) is 23.7 Å². The normalized spacial score (nSPS) is 24.2. The molecule has 40 heavy (non-hydrogen) atoms. The maximum atomic E-state index is 13.1. The van der Waals surface area contributed by atoms with Gasteiger partial charge in [-0.05, 0) is 48.9 Å². The molecule has 0 aromatic heterocycles. The second-order valence-electron chi connectivity index (χ2n) is 10.4. The van der Waals surface area contributed by atoms with Crippen molar-refractivity contribution in [3.63, 3.8) is 0 Å². The van der Waals surface area contributed by atoms with E-state index in [0.29, 0.717) is 13.2 Å². The maximum Gasteiger partial charge on any atom is 0.414 e. The maximum absolute atomic E-state index is 13.1. The van der Waals surface area contributed by atoms with Crippen LogP contribution < -0.4 is 16.0 Å². The summed E-state index contributed by atoms with van der Waals surface area (Å²) in [5.41, 5.74) is 6.83. The number of primary amides is 1. The number of carbonyl (C=O) groups excluding carboxylic acids is 2. The van der Waals surface area contributed by atoms with Gasteiger partial charge in [-0.2, -0.15) is 0 Å². The number of fused-ring (bicyclic) bond motifs is 2. The van der Waals surface area contributed by atoms with E-state index >= 15 is 0 Å². The van der Waals surface area contributed by atoms with E-state index in [-0.39, 0.29) is 35.7 Å². The number of hydrogen-bond donors (Lipinski definition) is 4. The van der Waals surface area contributed by atoms with Crippen LogP contribution in [0.5, 0.6) is 0 Å². The van der Waals surface area contributed by atoms with Crippen LogP contribution in [0.15, 0.2) is 36.4 Å². The van der Waals surface area contributed by atoms with Gasteiger partial charge in [0.15, 0.2) is 0 Å². The molecule has 11 nitrogen and oxygen atoms in total. The van der Waals surface area contributed by atoms with Gasteiger partial charge in [0, 0.05) is 56.6 Å². The molecular weight excluding hydrogens is 540 g/mol. The largest absolute Gasteiger partial charge is 0.473 e. The standard InChI is InChI=1S/C26H37ClN4O3.C2H2O4/c1-2-3-14-34-22(16-29-26(33)24-19-5-4-18(15-19)23(24)25(28)32)17-30-10-12-31(13-11-30)21-8-6-20(27)7-9-21;3-1(4)2(5)6/h4-9,18-19,22-24H,2-3,10-17H2,1H3,(H2,28,32)(H,29,33);(H,3,4)(H,5,6)/t18-,19+,22?,23?,24?;/m1./s1. The average Bonchev–Trinajstić information content (AvgIpc) is 3.55. The predicted octanol–water partition coefficient (Wildman–Crippen LogP) is 1.84. The van der Waals surface area contributed by atoms with Gasteiger partial charge in [-0.3, -0.25) is 14.5 Å². The molecule has 1 heterocycles. The molecule has 0 spiro atoms. The number of nitrogens with two attached hydrogens (primary N) is 1. The molecule has 1 saturated heterocycles. The number of unbranched alkanes of at least 4 members (excludes halogenated alkanes) is 1. The number of ether oxygens (including phenoxy) is 1. The number of benzene rings is 1. The van der Waals surface area contributed by atoms with Crippen molar-refractivity contribution in [3.8, 4) is 0 Å². The van der Waals surface area contributed by atoms with Crippen molar-refractivity contribution in [2.45, 2.75) is 32.3 Å². The van der Waals surface area contributed by atoms with E-state index in [2.05, 4.69) is 40.2 Å². The van der Waals surface area contributed by atoms with E-state index < -0.39 is 17.9 Å². The molecule has 1 aromatic carbocycles. The second kappa shape index (κ2) is 15.0. The van der Waals surface area contributed by atoms with Crippen LogP contribution in [-0.4, -0.2) is 90.8 Å². The van der Waals surface area contributed by atoms with Gasteiger partial charge in [0.05, 0.1) is 17.9 Å². The lowest BCUT2D eigenvalue weighted by atomic mass is 9.82. The Kier molecular flexibility index (Phi) is 11.8. The third-order valence-corrected chi connectivity index (χ3v) is 7.91. The quantitative estimate of drug-likeness (QED) is 0.174. The molecule has 2 amide bonds. The van der Waals surface area contributed by atoms with Gasteiger partial charge >= 0.3 is 11.9 Å². The number of allylic oxidation sites excluding steroid dienone is 2. The Morgan fingerprint density at radius 3 is 2.17 bits per heavy atom. The highest BCUT2D eigenvalue weighted by Crippen LogP contribution is 2.47. The van der Waals surface area contributed by atoms with Gasteiger partial charge < -0.3 is 30.9 Å². The van der Waals surface area contributed by atoms with Crippen molar-refractivity contribution >= 4 is 41.0 Å². The summed E-state index contributed by atoms with van der Waals surface area (Å²) in [6, 6.07) is 7.99. The van der Waals surface area contributed by atoms with Crippen LogP contribution in [0.3, 0.4) is 0 Å². The van der Waals surface area contributed by atoms with E-state index in [1.54, 1.807) is 0 Å². The minimum absolute atomic E-state index is 0.0719. The highest BCUT2D eigenvalue weighted by Gasteiger charge is 2.50. The predicted molar refractivity (Wildman–Crippen MR) is 150 cm³/mol. The fourth-order valence-electron chi connectivity index (χ4n) is 5.60. The van der Waals surface area contributed by atoms with E-state index in [0.717, 1.165) is 57.0 Å². The number of carboxylic acids is 2. The zero-order valence-corrected chi connectivity index (χ0v) is 23.5. The summed E-state index contributed by atoms with van der Waals surface area (Å²) < 4.78 is 6.17. The fourth-order valence-corrected chi connectivity index (χ4v) is 5.72. The van der Waals surface area contributed by atoms with Crippen LogP contribution in [0.4, 0.5) is 5.69 Å². The Balaban J connectivity index is 0.000000663. The molecule has 1 aliphatic heterocycles. The number of rotatable bonds is 11. The van der Waals surface area contributed by atoms with Gasteiger partial charge in [0.25, 0.3) is 0 Å². The SMILES string of the molecule is CCCCOC(CNC(=O)C1C(C(N)=O)[C@@H]2C=C[C@H]1C2)CN1CCN(c2ccc(Cl)cc2)CC1.O=C(O)C(=O)O. The highest BCUT2D eigenvalue weighted by atomic mass is 35.5. The molecule has 220 valence electrons. The molecule has 2 aliphatic carbocycles. The van der Waals surface area contributed by atoms with Crippen molar-refractivity contribution in [2.24, 2.45) is 29.4 Å². The van der Waals surface area contributed by atoms with Crippen molar-refractivity contribution in [3.05, 3.63) is 41.4 Å². The molecular formula is C28H39ClN4O7. The smallest absolute Gasteiger partial charge is 0.414 e. The van der Waals surface area contributed by atoms with Gasteiger partial charge in [-0.25, -0.2) is 9.59 Å². The first-order valence-electron chi connectivity index (χ1n) is 13.7. The summed E-state index contributed by atoms with van der Waals surface area (Å²) in [5.74, 6) is -4.62. The zero-order chi connectivity index (χ0) is 29.2. The molecule has 2 fully saturated rings. The number of nitrogens with zero attached hydrogens (tertiary/aromatic N) is 2. The number of piperazine rings is 1. The molecule has 2 bridgehead atoms. The molecule has 5 atom stereocenters. The summed E-state index contributed by atoms with van der Waals surface area (Å²) in [5, 5.41) is 18.6. The third kappa shape index (κ3) is 8.67. The fraction of sp³-hybridized carbons (Fsp3) is 0.571. The summed E-state index contributed by atoms with van der Waals surface area (Å²) in [6.07, 6.45) is 6.94. The minimum Gasteiger partial charge on any atom is -0.473 e. The Bertz CT molecular complexity index is 1050. The van der Waals surface area contributed by atoms with Crippen LogP contribution in [0.25, 0.3) is 0 Å². The lowest BCUT2D eigenvalue weighted by Crippen LogP contribution is -2.51. The number of carbonyl (C=O) groups is 4. The number of hydrogen-bond acceptors (Lipinski definition) is 7. The first-order valence-corrected chi connectivity index (χ1v) is 14.0. The third-order valence-electron chi connectivity index (χ3n) is 7.65. The molecule has 12 heteroatoms. The van der Waals surface area contributed by atoms with Crippen LogP contribution in [0.2, 0.25) is 5.02 Å². The van der Waals surface area contributed by atoms with Crippen LogP contribution in [-0.2, 0) is 23.9 Å². The van der Waals surface area contributed by atoms with Gasteiger partial charge in [0.1, 0.15) is 0 Å². The first-order chi connectivity index (χ1) is 19.1. The average molecular weight is 579 g/mol. The summed E-state index contributed by atoms with van der Waals surface area (Å²) >= 11 is 6.02. The van der Waals surface area contributed by atoms with Gasteiger partial charge in [-0.15, -0.1) is 0 Å². The molecule has 0 radical (unpaired) electrons. The lowest BCUT2D eigenvalue weighted by Gasteiger charge is -2.37. The zero-order valence-electron chi connectivity index (χ0n) is 22.7. The number of anilines is 1. The molecule has 1 saturated carbocycles.